The lowest BCUT2D eigenvalue weighted by atomic mass is 9.68. The van der Waals surface area contributed by atoms with Gasteiger partial charge in [0, 0.05) is 19.0 Å². The van der Waals surface area contributed by atoms with E-state index >= 15 is 0 Å². The summed E-state index contributed by atoms with van der Waals surface area (Å²) in [4.78, 5) is 14.4. The number of rotatable bonds is 4. The maximum atomic E-state index is 12.4. The molecule has 3 rings (SSSR count). The largest absolute Gasteiger partial charge is 0.462 e. The summed E-state index contributed by atoms with van der Waals surface area (Å²) in [6.45, 7) is 5.77. The van der Waals surface area contributed by atoms with Crippen LogP contribution in [0, 0.1) is 29.1 Å². The van der Waals surface area contributed by atoms with Crippen LogP contribution in [0.15, 0.2) is 0 Å². The summed E-state index contributed by atoms with van der Waals surface area (Å²) < 4.78 is 37.3. The molecule has 0 bridgehead atoms. The Morgan fingerprint density at radius 1 is 1.29 bits per heavy atom. The Bertz CT molecular complexity index is 648. The lowest BCUT2D eigenvalue weighted by molar-refractivity contribution is -0.145. The maximum Gasteiger partial charge on any atom is 0.394 e. The number of ether oxygens (including phenoxy) is 1. The molecule has 0 spiro atoms. The van der Waals surface area contributed by atoms with E-state index in [2.05, 4.69) is 13.8 Å². The van der Waals surface area contributed by atoms with Crippen molar-refractivity contribution in [1.29, 1.82) is 0 Å². The molecule has 9 nitrogen and oxygen atoms in total. The van der Waals surface area contributed by atoms with Crippen molar-refractivity contribution in [2.45, 2.75) is 51.7 Å². The van der Waals surface area contributed by atoms with E-state index in [9.17, 15) is 9.90 Å². The van der Waals surface area contributed by atoms with E-state index in [1.54, 1.807) is 0 Å². The van der Waals surface area contributed by atoms with Crippen LogP contribution in [0.1, 0.15) is 39.5 Å². The molecule has 3 aliphatic rings. The maximum absolute atomic E-state index is 12.4. The Hall–Kier alpha value is -0.780. The molecule has 3 fully saturated rings. The van der Waals surface area contributed by atoms with E-state index in [-0.39, 0.29) is 42.0 Å². The Kier molecular flexibility index (Phi) is 7.49. The fourth-order valence-electron chi connectivity index (χ4n) is 5.57. The van der Waals surface area contributed by atoms with E-state index in [0.717, 1.165) is 25.7 Å². The van der Waals surface area contributed by atoms with Gasteiger partial charge in [-0.05, 0) is 50.0 Å². The molecule has 7 atom stereocenters. The van der Waals surface area contributed by atoms with Crippen LogP contribution in [0.25, 0.3) is 0 Å². The van der Waals surface area contributed by atoms with E-state index in [4.69, 9.17) is 27.4 Å². The lowest BCUT2D eigenvalue weighted by Crippen LogP contribution is -2.39. The molecular formula is C18H33NO8S. The molecule has 28 heavy (non-hydrogen) atoms. The minimum atomic E-state index is -4.67. The number of carbonyl (C=O) groups excluding carboxylic acids is 1. The SMILES string of the molecule is C[C@@H]1C[C@@H]2OC(=O)[C@@H](CN(C)CCO)[C@H]2C[C@]2(C)[C@@H](O)CC[C@@H]12.O=S(=O)(O)O. The van der Waals surface area contributed by atoms with Crippen molar-refractivity contribution in [1.82, 2.24) is 4.90 Å². The van der Waals surface area contributed by atoms with Gasteiger partial charge in [0.2, 0.25) is 0 Å². The van der Waals surface area contributed by atoms with Gasteiger partial charge in [-0.2, -0.15) is 8.42 Å². The zero-order valence-corrected chi connectivity index (χ0v) is 17.5. The van der Waals surface area contributed by atoms with E-state index in [1.165, 1.54) is 0 Å². The highest BCUT2D eigenvalue weighted by molar-refractivity contribution is 7.79. The standard InChI is InChI=1S/C18H31NO4.H2O4S/c1-11-8-15-12(9-18(2)14(11)4-5-16(18)21)13(17(22)23-15)10-19(3)6-7-20;1-5(2,3)4/h11-16,20-21H,4-10H2,1-3H3;(H2,1,2,3,4)/t11-,12-,13+,14+,15+,16+,18+;/m1./s1. The van der Waals surface area contributed by atoms with E-state index in [1.807, 2.05) is 11.9 Å². The van der Waals surface area contributed by atoms with E-state index in [0.29, 0.717) is 24.9 Å². The van der Waals surface area contributed by atoms with Crippen LogP contribution in [0.5, 0.6) is 0 Å². The number of likely N-dealkylation sites (N-methyl/N-ethyl adjacent to an activating group) is 1. The summed E-state index contributed by atoms with van der Waals surface area (Å²) in [6, 6.07) is 0. The summed E-state index contributed by atoms with van der Waals surface area (Å²) >= 11 is 0. The topological polar surface area (TPSA) is 145 Å². The van der Waals surface area contributed by atoms with Crippen LogP contribution in [-0.2, 0) is 19.9 Å². The average Bonchev–Trinajstić information content (AvgIpc) is 2.94. The van der Waals surface area contributed by atoms with Crippen LogP contribution >= 0.6 is 0 Å². The van der Waals surface area contributed by atoms with Crippen LogP contribution in [0.4, 0.5) is 0 Å². The van der Waals surface area contributed by atoms with Crippen molar-refractivity contribution in [3.05, 3.63) is 0 Å². The van der Waals surface area contributed by atoms with Gasteiger partial charge in [-0.25, -0.2) is 0 Å². The first-order valence-electron chi connectivity index (χ1n) is 9.74. The summed E-state index contributed by atoms with van der Waals surface area (Å²) in [5.41, 5.74) is -0.0966. The number of esters is 1. The fraction of sp³-hybridized carbons (Fsp3) is 0.944. The molecule has 2 saturated carbocycles. The van der Waals surface area contributed by atoms with Gasteiger partial charge in [-0.1, -0.05) is 13.8 Å². The summed E-state index contributed by atoms with van der Waals surface area (Å²) in [6.07, 6.45) is 3.49. The molecule has 4 N–H and O–H groups in total. The van der Waals surface area contributed by atoms with Gasteiger partial charge in [-0.3, -0.25) is 13.9 Å². The second-order valence-corrected chi connectivity index (χ2v) is 9.70. The lowest BCUT2D eigenvalue weighted by Gasteiger charge is -2.37. The number of hydrogen-bond acceptors (Lipinski definition) is 7. The summed E-state index contributed by atoms with van der Waals surface area (Å²) in [7, 11) is -2.73. The molecule has 2 aliphatic carbocycles. The third-order valence-electron chi connectivity index (χ3n) is 6.88. The first-order valence-corrected chi connectivity index (χ1v) is 11.1. The van der Waals surface area contributed by atoms with Gasteiger partial charge in [0.05, 0.1) is 18.6 Å². The number of aliphatic hydroxyl groups is 2. The van der Waals surface area contributed by atoms with Crippen molar-refractivity contribution in [2.75, 3.05) is 26.7 Å². The zero-order valence-electron chi connectivity index (χ0n) is 16.7. The van der Waals surface area contributed by atoms with Crippen LogP contribution in [0.2, 0.25) is 0 Å². The first kappa shape index (κ1) is 23.5. The Balaban J connectivity index is 0.000000500. The normalized spacial score (nSPS) is 40.2. The molecule has 10 heteroatoms. The van der Waals surface area contributed by atoms with Gasteiger partial charge < -0.3 is 19.8 Å². The highest BCUT2D eigenvalue weighted by atomic mass is 32.3. The van der Waals surface area contributed by atoms with Crippen LogP contribution < -0.4 is 0 Å². The molecule has 0 aromatic rings. The van der Waals surface area contributed by atoms with Gasteiger partial charge in [0.1, 0.15) is 6.10 Å². The third kappa shape index (κ3) is 5.43. The van der Waals surface area contributed by atoms with Gasteiger partial charge >= 0.3 is 16.4 Å². The monoisotopic (exact) mass is 423 g/mol. The molecular weight excluding hydrogens is 390 g/mol. The quantitative estimate of drug-likeness (QED) is 0.378. The van der Waals surface area contributed by atoms with Gasteiger partial charge in [0.15, 0.2) is 0 Å². The highest BCUT2D eigenvalue weighted by Crippen LogP contribution is 2.57. The number of aliphatic hydroxyl groups excluding tert-OH is 2. The third-order valence-corrected chi connectivity index (χ3v) is 6.88. The second-order valence-electron chi connectivity index (χ2n) is 8.80. The predicted molar refractivity (Wildman–Crippen MR) is 101 cm³/mol. The summed E-state index contributed by atoms with van der Waals surface area (Å²) in [5, 5.41) is 19.7. The molecule has 0 aromatic carbocycles. The number of carbonyl (C=O) groups is 1. The second kappa shape index (κ2) is 8.93. The fourth-order valence-corrected chi connectivity index (χ4v) is 5.57. The van der Waals surface area contributed by atoms with Gasteiger partial charge in [-0.15, -0.1) is 0 Å². The molecule has 1 heterocycles. The molecule has 0 aromatic heterocycles. The van der Waals surface area contributed by atoms with Crippen molar-refractivity contribution in [3.63, 3.8) is 0 Å². The average molecular weight is 424 g/mol. The number of nitrogens with zero attached hydrogens (tertiary/aromatic N) is 1. The Morgan fingerprint density at radius 2 is 1.89 bits per heavy atom. The molecule has 1 saturated heterocycles. The van der Waals surface area contributed by atoms with Crippen molar-refractivity contribution >= 4 is 16.4 Å². The van der Waals surface area contributed by atoms with Crippen LogP contribution in [0.3, 0.4) is 0 Å². The zero-order chi connectivity index (χ0) is 21.3. The van der Waals surface area contributed by atoms with Crippen molar-refractivity contribution in [2.24, 2.45) is 29.1 Å². The molecule has 1 aliphatic heterocycles. The highest BCUT2D eigenvalue weighted by Gasteiger charge is 2.57. The minimum Gasteiger partial charge on any atom is -0.462 e. The van der Waals surface area contributed by atoms with Gasteiger partial charge in [0.25, 0.3) is 0 Å². The Morgan fingerprint density at radius 3 is 2.46 bits per heavy atom. The molecule has 0 unspecified atom stereocenters. The molecule has 0 amide bonds. The molecule has 0 radical (unpaired) electrons. The van der Waals surface area contributed by atoms with E-state index < -0.39 is 10.4 Å². The van der Waals surface area contributed by atoms with Crippen LogP contribution in [-0.4, -0.2) is 77.6 Å². The minimum absolute atomic E-state index is 0.000323. The van der Waals surface area contributed by atoms with Crippen molar-refractivity contribution < 1.29 is 37.3 Å². The molecule has 164 valence electrons. The smallest absolute Gasteiger partial charge is 0.394 e. The number of fused-ring (bicyclic) bond motifs is 2. The summed E-state index contributed by atoms with van der Waals surface area (Å²) in [5.74, 6) is 0.971. The van der Waals surface area contributed by atoms with Crippen molar-refractivity contribution in [3.8, 4) is 0 Å². The predicted octanol–water partition coefficient (Wildman–Crippen LogP) is 0.623. The Labute approximate surface area is 166 Å². The first-order chi connectivity index (χ1) is 12.9. The number of hydrogen-bond donors (Lipinski definition) is 4.